The summed E-state index contributed by atoms with van der Waals surface area (Å²) in [6, 6.07) is 3.17. The topological polar surface area (TPSA) is 79.2 Å². The zero-order chi connectivity index (χ0) is 23.5. The van der Waals surface area contributed by atoms with E-state index < -0.39 is 17.5 Å². The van der Waals surface area contributed by atoms with Gasteiger partial charge in [0.25, 0.3) is 0 Å². The van der Waals surface area contributed by atoms with E-state index in [9.17, 15) is 15.3 Å². The molecule has 176 valence electrons. The number of ether oxygens (including phenoxy) is 2. The molecule has 5 nitrogen and oxygen atoms in total. The van der Waals surface area contributed by atoms with Gasteiger partial charge in [-0.1, -0.05) is 31.9 Å². The van der Waals surface area contributed by atoms with Crippen LogP contribution in [-0.4, -0.2) is 32.8 Å². The van der Waals surface area contributed by atoms with E-state index in [1.165, 1.54) is 0 Å². The Kier molecular flexibility index (Phi) is 5.45. The van der Waals surface area contributed by atoms with E-state index >= 15 is 0 Å². The van der Waals surface area contributed by atoms with Crippen LogP contribution in [0.4, 0.5) is 0 Å². The van der Waals surface area contributed by atoms with Gasteiger partial charge in [0.15, 0.2) is 0 Å². The predicted octanol–water partition coefficient (Wildman–Crippen LogP) is 5.65. The smallest absolute Gasteiger partial charge is 0.219 e. The Hall–Kier alpha value is -1.98. The molecule has 0 bridgehead atoms. The molecule has 32 heavy (non-hydrogen) atoms. The maximum absolute atomic E-state index is 10.8. The highest BCUT2D eigenvalue weighted by Gasteiger charge is 2.69. The van der Waals surface area contributed by atoms with Gasteiger partial charge in [0.2, 0.25) is 5.79 Å². The van der Waals surface area contributed by atoms with Crippen molar-refractivity contribution in [2.75, 3.05) is 0 Å². The molecule has 1 saturated heterocycles. The third-order valence-corrected chi connectivity index (χ3v) is 8.43. The molecule has 4 unspecified atom stereocenters. The average Bonchev–Trinajstić information content (AvgIpc) is 3.10. The van der Waals surface area contributed by atoms with Crippen LogP contribution in [0.5, 0.6) is 11.5 Å². The van der Waals surface area contributed by atoms with Gasteiger partial charge in [0.05, 0.1) is 11.7 Å². The second kappa shape index (κ2) is 7.53. The van der Waals surface area contributed by atoms with Gasteiger partial charge in [-0.15, -0.1) is 0 Å². The average molecular weight is 443 g/mol. The minimum Gasteiger partial charge on any atom is -0.508 e. The third-order valence-electron chi connectivity index (χ3n) is 8.43. The van der Waals surface area contributed by atoms with E-state index in [0.717, 1.165) is 30.6 Å². The highest BCUT2D eigenvalue weighted by Crippen LogP contribution is 2.67. The third kappa shape index (κ3) is 3.54. The summed E-state index contributed by atoms with van der Waals surface area (Å²) in [7, 11) is 0. The van der Waals surface area contributed by atoms with Crippen molar-refractivity contribution < 1.29 is 24.8 Å². The number of allylic oxidation sites excluding steroid dienone is 3. The van der Waals surface area contributed by atoms with Crippen molar-refractivity contribution >= 4 is 0 Å². The second-order valence-electron chi connectivity index (χ2n) is 11.2. The molecule has 1 aliphatic carbocycles. The lowest BCUT2D eigenvalue weighted by Crippen LogP contribution is -2.57. The standard InChI is InChI=1S/C27H38O5/c1-17(8-9-19-14-20(28)13-18(2)23(19)30)12-21-15-25(5)10-7-11-26(25,6)27(31-21)16-22(29)24(3,4)32-27/h8,13-15,22,28-30H,7,9-12,16H2,1-6H3/b17-8+. The van der Waals surface area contributed by atoms with Gasteiger partial charge in [0, 0.05) is 29.2 Å². The molecule has 4 rings (SSSR count). The Balaban J connectivity index is 1.60. The second-order valence-corrected chi connectivity index (χ2v) is 11.2. The lowest BCUT2D eigenvalue weighted by molar-refractivity contribution is -0.309. The largest absolute Gasteiger partial charge is 0.508 e. The fraction of sp³-hybridized carbons (Fsp3) is 0.630. The van der Waals surface area contributed by atoms with E-state index in [-0.39, 0.29) is 22.3 Å². The van der Waals surface area contributed by atoms with Crippen molar-refractivity contribution in [1.82, 2.24) is 0 Å². The first-order valence-electron chi connectivity index (χ1n) is 11.8. The quantitative estimate of drug-likeness (QED) is 0.415. The minimum absolute atomic E-state index is 0.0540. The number of phenolic OH excluding ortho intramolecular Hbond substituents is 2. The maximum Gasteiger partial charge on any atom is 0.219 e. The van der Waals surface area contributed by atoms with Crippen LogP contribution in [0.25, 0.3) is 0 Å². The van der Waals surface area contributed by atoms with Gasteiger partial charge in [-0.25, -0.2) is 0 Å². The van der Waals surface area contributed by atoms with Crippen LogP contribution in [-0.2, 0) is 15.9 Å². The van der Waals surface area contributed by atoms with Crippen molar-refractivity contribution in [2.24, 2.45) is 10.8 Å². The molecule has 1 saturated carbocycles. The highest BCUT2D eigenvalue weighted by molar-refractivity contribution is 5.46. The number of hydrogen-bond acceptors (Lipinski definition) is 5. The fourth-order valence-electron chi connectivity index (χ4n) is 6.08. The Morgan fingerprint density at radius 1 is 1.16 bits per heavy atom. The highest BCUT2D eigenvalue weighted by atomic mass is 16.7. The lowest BCUT2D eigenvalue weighted by atomic mass is 9.60. The van der Waals surface area contributed by atoms with E-state index in [1.807, 2.05) is 13.8 Å². The van der Waals surface area contributed by atoms with Crippen molar-refractivity contribution in [2.45, 2.75) is 97.6 Å². The summed E-state index contributed by atoms with van der Waals surface area (Å²) in [6.45, 7) is 12.3. The van der Waals surface area contributed by atoms with Crippen LogP contribution < -0.4 is 0 Å². The van der Waals surface area contributed by atoms with Crippen LogP contribution in [0.1, 0.15) is 77.8 Å². The molecule has 0 aromatic heterocycles. The van der Waals surface area contributed by atoms with Crippen LogP contribution in [0.2, 0.25) is 0 Å². The number of phenols is 2. The van der Waals surface area contributed by atoms with Crippen LogP contribution in [0.3, 0.4) is 0 Å². The number of hydrogen-bond donors (Lipinski definition) is 3. The molecule has 1 spiro atoms. The molecule has 3 aliphatic rings. The van der Waals surface area contributed by atoms with Crippen molar-refractivity contribution in [3.63, 3.8) is 0 Å². The number of aromatic hydroxyl groups is 2. The van der Waals surface area contributed by atoms with E-state index in [4.69, 9.17) is 9.47 Å². The first-order valence-corrected chi connectivity index (χ1v) is 11.8. The van der Waals surface area contributed by atoms with Crippen LogP contribution in [0.15, 0.2) is 35.6 Å². The summed E-state index contributed by atoms with van der Waals surface area (Å²) < 4.78 is 13.2. The Morgan fingerprint density at radius 2 is 1.88 bits per heavy atom. The lowest BCUT2D eigenvalue weighted by Gasteiger charge is -2.54. The van der Waals surface area contributed by atoms with Crippen molar-refractivity contribution in [3.05, 3.63) is 46.7 Å². The number of aryl methyl sites for hydroxylation is 1. The zero-order valence-corrected chi connectivity index (χ0v) is 20.3. The van der Waals surface area contributed by atoms with Gasteiger partial charge >= 0.3 is 0 Å². The summed E-state index contributed by atoms with van der Waals surface area (Å²) in [5, 5.41) is 31.0. The zero-order valence-electron chi connectivity index (χ0n) is 20.3. The molecule has 2 fully saturated rings. The number of benzene rings is 1. The summed E-state index contributed by atoms with van der Waals surface area (Å²) in [4.78, 5) is 0. The minimum atomic E-state index is -0.827. The molecule has 3 N–H and O–H groups in total. The summed E-state index contributed by atoms with van der Waals surface area (Å²) in [5.41, 5.74) is 1.60. The molecule has 5 heteroatoms. The van der Waals surface area contributed by atoms with Crippen LogP contribution >= 0.6 is 0 Å². The molecular weight excluding hydrogens is 404 g/mol. The summed E-state index contributed by atoms with van der Waals surface area (Å²) in [5.74, 6) is 0.451. The van der Waals surface area contributed by atoms with Crippen molar-refractivity contribution in [3.8, 4) is 11.5 Å². The van der Waals surface area contributed by atoms with E-state index in [1.54, 1.807) is 19.1 Å². The fourth-order valence-corrected chi connectivity index (χ4v) is 6.08. The Labute approximate surface area is 191 Å². The number of aliphatic hydroxyl groups is 1. The number of rotatable bonds is 4. The molecule has 2 aliphatic heterocycles. The molecule has 1 aromatic carbocycles. The van der Waals surface area contributed by atoms with Gasteiger partial charge in [-0.3, -0.25) is 0 Å². The van der Waals surface area contributed by atoms with E-state index in [0.29, 0.717) is 30.4 Å². The van der Waals surface area contributed by atoms with Gasteiger partial charge in [-0.2, -0.15) is 0 Å². The van der Waals surface area contributed by atoms with Crippen molar-refractivity contribution in [1.29, 1.82) is 0 Å². The van der Waals surface area contributed by atoms with Crippen LogP contribution in [0, 0.1) is 17.8 Å². The maximum atomic E-state index is 10.8. The van der Waals surface area contributed by atoms with Gasteiger partial charge in [-0.05, 0) is 70.7 Å². The molecule has 2 heterocycles. The molecule has 0 amide bonds. The monoisotopic (exact) mass is 442 g/mol. The first kappa shape index (κ1) is 23.2. The summed E-state index contributed by atoms with van der Waals surface area (Å²) >= 11 is 0. The molecule has 4 atom stereocenters. The number of aliphatic hydroxyl groups excluding tert-OH is 1. The molecule has 1 aromatic rings. The Bertz CT molecular complexity index is 977. The predicted molar refractivity (Wildman–Crippen MR) is 124 cm³/mol. The van der Waals surface area contributed by atoms with Gasteiger partial charge in [0.1, 0.15) is 17.3 Å². The SMILES string of the molecule is C/C(=C\Cc1cc(O)cc(C)c1O)CC1=CC2(C)CCCC2(C)C2(CC(O)C(C)(C)O2)O1. The van der Waals surface area contributed by atoms with Gasteiger partial charge < -0.3 is 24.8 Å². The summed E-state index contributed by atoms with van der Waals surface area (Å²) in [6.07, 6.45) is 8.66. The normalized spacial score (nSPS) is 36.2. The van der Waals surface area contributed by atoms with E-state index in [2.05, 4.69) is 32.9 Å². The first-order chi connectivity index (χ1) is 14.8. The molecule has 0 radical (unpaired) electrons. The molecular formula is C27H38O5. The Morgan fingerprint density at radius 3 is 2.53 bits per heavy atom. The number of fused-ring (bicyclic) bond motifs is 2.